The van der Waals surface area contributed by atoms with Crippen LogP contribution in [0.5, 0.6) is 0 Å². The fourth-order valence-corrected chi connectivity index (χ4v) is 2.77. The van der Waals surface area contributed by atoms with Crippen molar-refractivity contribution in [3.8, 4) is 0 Å². The van der Waals surface area contributed by atoms with Gasteiger partial charge in [-0.2, -0.15) is 0 Å². The summed E-state index contributed by atoms with van der Waals surface area (Å²) in [7, 11) is 0. The lowest BCUT2D eigenvalue weighted by atomic mass is 9.73. The van der Waals surface area contributed by atoms with Crippen LogP contribution in [-0.4, -0.2) is 33.9 Å². The molecule has 2 N–H and O–H groups in total. The predicted octanol–water partition coefficient (Wildman–Crippen LogP) is 1.97. The normalized spacial score (nSPS) is 31.2. The molecule has 1 fully saturated rings. The number of carboxylic acids is 1. The third-order valence-corrected chi connectivity index (χ3v) is 3.90. The quantitative estimate of drug-likeness (QED) is 0.747. The molecule has 110 valence electrons. The SMILES string of the molecule is CC(C)[C@H]1CC[C@@](C)(OC(=O)CCC(=O)O)C[C@@H]1O. The summed E-state index contributed by atoms with van der Waals surface area (Å²) in [4.78, 5) is 22.0. The molecule has 0 aromatic rings. The van der Waals surface area contributed by atoms with E-state index in [0.29, 0.717) is 18.8 Å². The fourth-order valence-electron chi connectivity index (χ4n) is 2.77. The second-order valence-corrected chi connectivity index (χ2v) is 6.04. The minimum Gasteiger partial charge on any atom is -0.481 e. The first-order valence-electron chi connectivity index (χ1n) is 6.85. The summed E-state index contributed by atoms with van der Waals surface area (Å²) in [6.45, 7) is 5.97. The Morgan fingerprint density at radius 1 is 1.37 bits per heavy atom. The van der Waals surface area contributed by atoms with Gasteiger partial charge in [0.05, 0.1) is 18.9 Å². The fraction of sp³-hybridized carbons (Fsp3) is 0.857. The maximum atomic E-state index is 11.6. The van der Waals surface area contributed by atoms with Gasteiger partial charge in [-0.1, -0.05) is 13.8 Å². The lowest BCUT2D eigenvalue weighted by Crippen LogP contribution is -2.44. The van der Waals surface area contributed by atoms with E-state index >= 15 is 0 Å². The highest BCUT2D eigenvalue weighted by Gasteiger charge is 2.40. The average Bonchev–Trinajstić information content (AvgIpc) is 2.25. The monoisotopic (exact) mass is 272 g/mol. The van der Waals surface area contributed by atoms with Gasteiger partial charge in [0, 0.05) is 6.42 Å². The zero-order valence-electron chi connectivity index (χ0n) is 11.9. The van der Waals surface area contributed by atoms with Crippen LogP contribution in [0.4, 0.5) is 0 Å². The van der Waals surface area contributed by atoms with Crippen molar-refractivity contribution in [2.24, 2.45) is 11.8 Å². The Bertz CT molecular complexity index is 339. The highest BCUT2D eigenvalue weighted by molar-refractivity contribution is 5.76. The van der Waals surface area contributed by atoms with Crippen molar-refractivity contribution in [2.75, 3.05) is 0 Å². The molecule has 1 aliphatic carbocycles. The molecule has 0 radical (unpaired) electrons. The van der Waals surface area contributed by atoms with Gasteiger partial charge in [-0.05, 0) is 31.6 Å². The van der Waals surface area contributed by atoms with Gasteiger partial charge in [0.2, 0.25) is 0 Å². The molecular weight excluding hydrogens is 248 g/mol. The van der Waals surface area contributed by atoms with E-state index in [2.05, 4.69) is 13.8 Å². The number of hydrogen-bond acceptors (Lipinski definition) is 4. The highest BCUT2D eigenvalue weighted by atomic mass is 16.6. The summed E-state index contributed by atoms with van der Waals surface area (Å²) in [5.74, 6) is -0.862. The molecule has 1 aliphatic rings. The van der Waals surface area contributed by atoms with Crippen molar-refractivity contribution in [2.45, 2.75) is 64.6 Å². The molecule has 0 aliphatic heterocycles. The Balaban J connectivity index is 2.50. The van der Waals surface area contributed by atoms with Gasteiger partial charge in [0.25, 0.3) is 0 Å². The second-order valence-electron chi connectivity index (χ2n) is 6.04. The van der Waals surface area contributed by atoms with Crippen LogP contribution in [0.3, 0.4) is 0 Å². The third kappa shape index (κ3) is 4.82. The van der Waals surface area contributed by atoms with Crippen LogP contribution in [0.25, 0.3) is 0 Å². The predicted molar refractivity (Wildman–Crippen MR) is 69.6 cm³/mol. The Hall–Kier alpha value is -1.10. The number of carbonyl (C=O) groups excluding carboxylic acids is 1. The minimum absolute atomic E-state index is 0.116. The molecule has 5 heteroatoms. The summed E-state index contributed by atoms with van der Waals surface area (Å²) >= 11 is 0. The Morgan fingerprint density at radius 3 is 2.47 bits per heavy atom. The van der Waals surface area contributed by atoms with Crippen LogP contribution in [0.2, 0.25) is 0 Å². The van der Waals surface area contributed by atoms with E-state index in [-0.39, 0.29) is 18.8 Å². The standard InChI is InChI=1S/C14H24O5/c1-9(2)10-6-7-14(3,8-11(10)15)19-13(18)5-4-12(16)17/h9-11,15H,4-8H2,1-3H3,(H,16,17)/t10-,11+,14-/m1/s1. The topological polar surface area (TPSA) is 83.8 Å². The Morgan fingerprint density at radius 2 is 2.00 bits per heavy atom. The van der Waals surface area contributed by atoms with Crippen LogP contribution in [0.15, 0.2) is 0 Å². The number of aliphatic hydroxyl groups excluding tert-OH is 1. The summed E-state index contributed by atoms with van der Waals surface area (Å²) in [6, 6.07) is 0. The van der Waals surface area contributed by atoms with Gasteiger partial charge in [-0.3, -0.25) is 9.59 Å². The number of rotatable bonds is 5. The lowest BCUT2D eigenvalue weighted by molar-refractivity contribution is -0.169. The molecule has 0 spiro atoms. The number of aliphatic hydroxyl groups is 1. The van der Waals surface area contributed by atoms with Crippen LogP contribution in [0, 0.1) is 11.8 Å². The molecule has 19 heavy (non-hydrogen) atoms. The number of esters is 1. The van der Waals surface area contributed by atoms with Gasteiger partial charge in [0.15, 0.2) is 0 Å². The summed E-state index contributed by atoms with van der Waals surface area (Å²) in [6.07, 6.45) is 1.16. The largest absolute Gasteiger partial charge is 0.481 e. The highest BCUT2D eigenvalue weighted by Crippen LogP contribution is 2.38. The lowest BCUT2D eigenvalue weighted by Gasteiger charge is -2.41. The van der Waals surface area contributed by atoms with Crippen LogP contribution >= 0.6 is 0 Å². The molecule has 0 saturated heterocycles. The first kappa shape index (κ1) is 16.0. The Kier molecular flexibility index (Phi) is 5.35. The Labute approximate surface area is 114 Å². The summed E-state index contributed by atoms with van der Waals surface area (Å²) in [5.41, 5.74) is -0.666. The number of ether oxygens (including phenoxy) is 1. The van der Waals surface area contributed by atoms with Crippen molar-refractivity contribution in [3.05, 3.63) is 0 Å². The number of carboxylic acid groups (broad SMARTS) is 1. The number of carbonyl (C=O) groups is 2. The zero-order valence-corrected chi connectivity index (χ0v) is 11.9. The molecule has 1 saturated carbocycles. The molecule has 0 amide bonds. The molecule has 1 rings (SSSR count). The van der Waals surface area contributed by atoms with Gasteiger partial charge < -0.3 is 14.9 Å². The maximum Gasteiger partial charge on any atom is 0.306 e. The molecule has 0 bridgehead atoms. The number of aliphatic carboxylic acids is 1. The van der Waals surface area contributed by atoms with E-state index in [1.54, 1.807) is 0 Å². The van der Waals surface area contributed by atoms with E-state index in [4.69, 9.17) is 9.84 Å². The van der Waals surface area contributed by atoms with Crippen LogP contribution < -0.4 is 0 Å². The molecule has 0 heterocycles. The van der Waals surface area contributed by atoms with Gasteiger partial charge in [-0.25, -0.2) is 0 Å². The van der Waals surface area contributed by atoms with Gasteiger partial charge in [-0.15, -0.1) is 0 Å². The number of hydrogen-bond donors (Lipinski definition) is 2. The molecule has 0 aromatic heterocycles. The van der Waals surface area contributed by atoms with E-state index < -0.39 is 23.6 Å². The van der Waals surface area contributed by atoms with E-state index in [0.717, 1.165) is 6.42 Å². The van der Waals surface area contributed by atoms with Gasteiger partial charge in [0.1, 0.15) is 5.60 Å². The minimum atomic E-state index is -1.01. The summed E-state index contributed by atoms with van der Waals surface area (Å²) < 4.78 is 5.37. The second kappa shape index (κ2) is 6.37. The average molecular weight is 272 g/mol. The van der Waals surface area contributed by atoms with E-state index in [9.17, 15) is 14.7 Å². The summed E-state index contributed by atoms with van der Waals surface area (Å²) in [5, 5.41) is 18.6. The zero-order chi connectivity index (χ0) is 14.6. The first-order valence-corrected chi connectivity index (χ1v) is 6.85. The van der Waals surface area contributed by atoms with E-state index in [1.807, 2.05) is 6.92 Å². The van der Waals surface area contributed by atoms with Crippen LogP contribution in [0.1, 0.15) is 52.9 Å². The van der Waals surface area contributed by atoms with Crippen LogP contribution in [-0.2, 0) is 14.3 Å². The molecule has 0 unspecified atom stereocenters. The molecular formula is C14H24O5. The van der Waals surface area contributed by atoms with Gasteiger partial charge >= 0.3 is 11.9 Å². The maximum absolute atomic E-state index is 11.6. The smallest absolute Gasteiger partial charge is 0.306 e. The van der Waals surface area contributed by atoms with Crippen molar-refractivity contribution in [1.82, 2.24) is 0 Å². The van der Waals surface area contributed by atoms with E-state index in [1.165, 1.54) is 0 Å². The molecule has 3 atom stereocenters. The van der Waals surface area contributed by atoms with Crippen molar-refractivity contribution >= 4 is 11.9 Å². The first-order chi connectivity index (χ1) is 8.73. The van der Waals surface area contributed by atoms with Crippen molar-refractivity contribution in [3.63, 3.8) is 0 Å². The molecule has 0 aromatic carbocycles. The van der Waals surface area contributed by atoms with Crippen molar-refractivity contribution in [1.29, 1.82) is 0 Å². The molecule has 5 nitrogen and oxygen atoms in total. The van der Waals surface area contributed by atoms with Crippen molar-refractivity contribution < 1.29 is 24.5 Å². The third-order valence-electron chi connectivity index (χ3n) is 3.90.